The van der Waals surface area contributed by atoms with Crippen LogP contribution in [0, 0.1) is 6.92 Å². The summed E-state index contributed by atoms with van der Waals surface area (Å²) in [5.41, 5.74) is 6.48. The molecular weight excluding hydrogens is 276 g/mol. The van der Waals surface area contributed by atoms with Crippen LogP contribution in [0.25, 0.3) is 0 Å². The number of nitrogens with one attached hydrogen (secondary N) is 1. The van der Waals surface area contributed by atoms with Crippen LogP contribution < -0.4 is 11.1 Å². The third-order valence-electron chi connectivity index (χ3n) is 2.27. The summed E-state index contributed by atoms with van der Waals surface area (Å²) < 4.78 is 23.0. The molecule has 0 aliphatic heterocycles. The van der Waals surface area contributed by atoms with E-state index >= 15 is 0 Å². The average Bonchev–Trinajstić information content (AvgIpc) is 2.19. The van der Waals surface area contributed by atoms with Crippen LogP contribution in [0.1, 0.15) is 12.5 Å². The van der Waals surface area contributed by atoms with E-state index in [1.807, 2.05) is 0 Å². The third-order valence-corrected chi connectivity index (χ3v) is 3.51. The minimum atomic E-state index is -3.29. The first kappa shape index (κ1) is 16.9. The molecule has 0 fully saturated rings. The zero-order chi connectivity index (χ0) is 13.2. The van der Waals surface area contributed by atoms with Gasteiger partial charge < -0.3 is 11.1 Å². The fraction of sp³-hybridized carbons (Fsp3) is 0.364. The Morgan fingerprint density at radius 3 is 2.39 bits per heavy atom. The van der Waals surface area contributed by atoms with Crippen LogP contribution in [0.5, 0.6) is 0 Å². The Kier molecular flexibility index (Phi) is 5.79. The molecule has 0 spiro atoms. The second-order valence-electron chi connectivity index (χ2n) is 4.03. The normalized spacial score (nSPS) is 12.4. The summed E-state index contributed by atoms with van der Waals surface area (Å²) in [5.74, 6) is -0.353. The SMILES string of the molecule is Cc1ccc(NC(=O)[C@@H](C)N)cc1S(C)(=O)=O.Cl. The van der Waals surface area contributed by atoms with Gasteiger partial charge in [0, 0.05) is 11.9 Å². The number of aryl methyl sites for hydroxylation is 1. The van der Waals surface area contributed by atoms with Crippen LogP contribution in [0.2, 0.25) is 0 Å². The van der Waals surface area contributed by atoms with E-state index in [2.05, 4.69) is 5.32 Å². The Labute approximate surface area is 113 Å². The fourth-order valence-corrected chi connectivity index (χ4v) is 2.33. The number of hydrogen-bond acceptors (Lipinski definition) is 4. The van der Waals surface area contributed by atoms with Gasteiger partial charge in [0.25, 0.3) is 0 Å². The summed E-state index contributed by atoms with van der Waals surface area (Å²) in [4.78, 5) is 11.6. The van der Waals surface area contributed by atoms with E-state index in [0.29, 0.717) is 11.3 Å². The lowest BCUT2D eigenvalue weighted by atomic mass is 10.2. The monoisotopic (exact) mass is 292 g/mol. The number of anilines is 1. The van der Waals surface area contributed by atoms with Crippen LogP contribution in [-0.4, -0.2) is 26.6 Å². The lowest BCUT2D eigenvalue weighted by Gasteiger charge is -2.10. The van der Waals surface area contributed by atoms with Gasteiger partial charge in [0.15, 0.2) is 9.84 Å². The van der Waals surface area contributed by atoms with Crippen LogP contribution >= 0.6 is 12.4 Å². The van der Waals surface area contributed by atoms with Gasteiger partial charge in [-0.15, -0.1) is 12.4 Å². The molecule has 0 bridgehead atoms. The molecule has 0 aliphatic carbocycles. The molecule has 1 atom stereocenters. The summed E-state index contributed by atoms with van der Waals surface area (Å²) >= 11 is 0. The Bertz CT molecular complexity index is 541. The minimum Gasteiger partial charge on any atom is -0.325 e. The number of amides is 1. The van der Waals surface area contributed by atoms with E-state index in [4.69, 9.17) is 5.73 Å². The molecule has 0 radical (unpaired) electrons. The van der Waals surface area contributed by atoms with Crippen molar-refractivity contribution in [2.45, 2.75) is 24.8 Å². The molecule has 5 nitrogen and oxygen atoms in total. The Balaban J connectivity index is 0.00000289. The molecule has 7 heteroatoms. The van der Waals surface area contributed by atoms with Gasteiger partial charge in [0.2, 0.25) is 5.91 Å². The van der Waals surface area contributed by atoms with Gasteiger partial charge in [0.05, 0.1) is 10.9 Å². The maximum Gasteiger partial charge on any atom is 0.240 e. The summed E-state index contributed by atoms with van der Waals surface area (Å²) in [6.07, 6.45) is 1.13. The van der Waals surface area contributed by atoms with E-state index in [1.54, 1.807) is 26.0 Å². The summed E-state index contributed by atoms with van der Waals surface area (Å²) in [5, 5.41) is 2.55. The molecule has 1 rings (SSSR count). The summed E-state index contributed by atoms with van der Waals surface area (Å²) in [6, 6.07) is 4.08. The fourth-order valence-electron chi connectivity index (χ4n) is 1.33. The van der Waals surface area contributed by atoms with E-state index in [9.17, 15) is 13.2 Å². The molecular formula is C11H17ClN2O3S. The van der Waals surface area contributed by atoms with Crippen molar-refractivity contribution in [3.63, 3.8) is 0 Å². The van der Waals surface area contributed by atoms with Crippen molar-refractivity contribution in [2.75, 3.05) is 11.6 Å². The minimum absolute atomic E-state index is 0. The molecule has 18 heavy (non-hydrogen) atoms. The predicted octanol–water partition coefficient (Wildman–Crippen LogP) is 1.11. The second kappa shape index (κ2) is 6.17. The quantitative estimate of drug-likeness (QED) is 0.873. The van der Waals surface area contributed by atoms with Gasteiger partial charge in [-0.25, -0.2) is 8.42 Å². The van der Waals surface area contributed by atoms with Crippen LogP contribution in [0.15, 0.2) is 23.1 Å². The Morgan fingerprint density at radius 2 is 1.94 bits per heavy atom. The van der Waals surface area contributed by atoms with Gasteiger partial charge in [-0.05, 0) is 31.5 Å². The van der Waals surface area contributed by atoms with E-state index in [-0.39, 0.29) is 23.2 Å². The second-order valence-corrected chi connectivity index (χ2v) is 6.01. The summed E-state index contributed by atoms with van der Waals surface area (Å²) in [6.45, 7) is 3.26. The van der Waals surface area contributed by atoms with Crippen LogP contribution in [0.3, 0.4) is 0 Å². The molecule has 0 saturated heterocycles. The lowest BCUT2D eigenvalue weighted by Crippen LogP contribution is -2.32. The summed E-state index contributed by atoms with van der Waals surface area (Å²) in [7, 11) is -3.29. The average molecular weight is 293 g/mol. The first-order chi connectivity index (χ1) is 7.71. The maximum absolute atomic E-state index is 11.5. The zero-order valence-electron chi connectivity index (χ0n) is 10.4. The van der Waals surface area contributed by atoms with E-state index in [0.717, 1.165) is 6.26 Å². The topological polar surface area (TPSA) is 89.3 Å². The first-order valence-electron chi connectivity index (χ1n) is 5.09. The molecule has 0 unspecified atom stereocenters. The number of nitrogens with two attached hydrogens (primary N) is 1. The lowest BCUT2D eigenvalue weighted by molar-refractivity contribution is -0.117. The van der Waals surface area contributed by atoms with Gasteiger partial charge in [-0.1, -0.05) is 6.07 Å². The number of rotatable bonds is 3. The van der Waals surface area contributed by atoms with Gasteiger partial charge in [-0.3, -0.25) is 4.79 Å². The molecule has 1 amide bonds. The smallest absolute Gasteiger partial charge is 0.240 e. The van der Waals surface area contributed by atoms with E-state index < -0.39 is 15.9 Å². The molecule has 1 aromatic carbocycles. The molecule has 102 valence electrons. The van der Waals surface area contributed by atoms with Gasteiger partial charge in [0.1, 0.15) is 0 Å². The van der Waals surface area contributed by atoms with Gasteiger partial charge in [-0.2, -0.15) is 0 Å². The molecule has 0 heterocycles. The largest absolute Gasteiger partial charge is 0.325 e. The highest BCUT2D eigenvalue weighted by Gasteiger charge is 2.13. The maximum atomic E-state index is 11.5. The zero-order valence-corrected chi connectivity index (χ0v) is 12.1. The molecule has 0 saturated carbocycles. The van der Waals surface area contributed by atoms with Crippen molar-refractivity contribution in [1.82, 2.24) is 0 Å². The number of benzene rings is 1. The number of carbonyl (C=O) groups excluding carboxylic acids is 1. The van der Waals surface area contributed by atoms with Crippen LogP contribution in [0.4, 0.5) is 5.69 Å². The Hall–Kier alpha value is -1.11. The van der Waals surface area contributed by atoms with E-state index in [1.165, 1.54) is 6.07 Å². The van der Waals surface area contributed by atoms with Crippen molar-refractivity contribution in [1.29, 1.82) is 0 Å². The number of carbonyl (C=O) groups is 1. The number of hydrogen-bond donors (Lipinski definition) is 2. The highest BCUT2D eigenvalue weighted by Crippen LogP contribution is 2.20. The predicted molar refractivity (Wildman–Crippen MR) is 73.8 cm³/mol. The number of halogens is 1. The molecule has 3 N–H and O–H groups in total. The highest BCUT2D eigenvalue weighted by atomic mass is 35.5. The van der Waals surface area contributed by atoms with Crippen molar-refractivity contribution < 1.29 is 13.2 Å². The van der Waals surface area contributed by atoms with Crippen molar-refractivity contribution in [3.05, 3.63) is 23.8 Å². The van der Waals surface area contributed by atoms with Crippen LogP contribution in [-0.2, 0) is 14.6 Å². The molecule has 0 aliphatic rings. The highest BCUT2D eigenvalue weighted by molar-refractivity contribution is 7.90. The molecule has 1 aromatic rings. The van der Waals surface area contributed by atoms with Crippen molar-refractivity contribution >= 4 is 33.8 Å². The first-order valence-corrected chi connectivity index (χ1v) is 6.98. The Morgan fingerprint density at radius 1 is 1.39 bits per heavy atom. The van der Waals surface area contributed by atoms with Gasteiger partial charge >= 0.3 is 0 Å². The third kappa shape index (κ3) is 4.29. The number of sulfone groups is 1. The molecule has 0 aromatic heterocycles. The van der Waals surface area contributed by atoms with Crippen molar-refractivity contribution in [2.24, 2.45) is 5.73 Å². The standard InChI is InChI=1S/C11H16N2O3S.ClH/c1-7-4-5-9(13-11(14)8(2)12)6-10(7)17(3,15)16;/h4-6,8H,12H2,1-3H3,(H,13,14);1H/t8-;/m1./s1. The van der Waals surface area contributed by atoms with Crippen molar-refractivity contribution in [3.8, 4) is 0 Å².